The van der Waals surface area contributed by atoms with Crippen molar-refractivity contribution in [3.63, 3.8) is 0 Å². The normalized spacial score (nSPS) is 11.7. The van der Waals surface area contributed by atoms with Crippen LogP contribution in [0.4, 0.5) is 4.79 Å². The van der Waals surface area contributed by atoms with Gasteiger partial charge in [-0.3, -0.25) is 0 Å². The van der Waals surface area contributed by atoms with Gasteiger partial charge in [-0.15, -0.1) is 0 Å². The van der Waals surface area contributed by atoms with Crippen molar-refractivity contribution in [1.82, 2.24) is 0 Å². The van der Waals surface area contributed by atoms with E-state index >= 15 is 0 Å². The maximum atomic E-state index is 11.3. The van der Waals surface area contributed by atoms with Gasteiger partial charge in [-0.05, 0) is 37.8 Å². The first-order chi connectivity index (χ1) is 9.58. The summed E-state index contributed by atoms with van der Waals surface area (Å²) in [5, 5.41) is 9.10. The van der Waals surface area contributed by atoms with E-state index in [9.17, 15) is 9.59 Å². The third kappa shape index (κ3) is 4.91. The van der Waals surface area contributed by atoms with Crippen molar-refractivity contribution in [1.29, 1.82) is 0 Å². The first-order valence-corrected chi connectivity index (χ1v) is 6.73. The smallest absolute Gasteiger partial charge is 0.478 e. The highest BCUT2D eigenvalue weighted by molar-refractivity contribution is 5.89. The molecule has 0 radical (unpaired) electrons. The van der Waals surface area contributed by atoms with E-state index in [1.807, 2.05) is 6.92 Å². The summed E-state index contributed by atoms with van der Waals surface area (Å²) in [5.74, 6) is -0.944. The highest BCUT2D eigenvalue weighted by atomic mass is 16.7. The molecule has 0 aliphatic heterocycles. The Morgan fingerprint density at radius 2 is 1.95 bits per heavy atom. The monoisotopic (exact) mass is 280 g/mol. The van der Waals surface area contributed by atoms with Gasteiger partial charge in [0.1, 0.15) is 6.10 Å². The number of carboxylic acids is 1. The van der Waals surface area contributed by atoms with Crippen LogP contribution in [0.3, 0.4) is 0 Å². The van der Waals surface area contributed by atoms with E-state index in [-0.39, 0.29) is 12.7 Å². The van der Waals surface area contributed by atoms with E-state index in [1.54, 1.807) is 31.2 Å². The van der Waals surface area contributed by atoms with E-state index < -0.39 is 12.1 Å². The van der Waals surface area contributed by atoms with Crippen molar-refractivity contribution in [2.45, 2.75) is 39.2 Å². The zero-order valence-corrected chi connectivity index (χ0v) is 11.8. The average Bonchev–Trinajstić information content (AvgIpc) is 2.43. The lowest BCUT2D eigenvalue weighted by atomic mass is 10.0. The molecule has 0 amide bonds. The van der Waals surface area contributed by atoms with Crippen molar-refractivity contribution >= 4 is 12.1 Å². The van der Waals surface area contributed by atoms with Crippen LogP contribution in [0.1, 0.15) is 42.6 Å². The highest BCUT2D eigenvalue weighted by Crippen LogP contribution is 2.15. The van der Waals surface area contributed by atoms with Crippen LogP contribution < -0.4 is 0 Å². The van der Waals surface area contributed by atoms with E-state index in [0.717, 1.165) is 5.56 Å². The molecule has 1 aromatic rings. The van der Waals surface area contributed by atoms with Gasteiger partial charge >= 0.3 is 12.1 Å². The number of carbonyl (C=O) groups is 2. The predicted molar refractivity (Wildman–Crippen MR) is 73.9 cm³/mol. The van der Waals surface area contributed by atoms with Crippen LogP contribution in [-0.4, -0.2) is 29.9 Å². The van der Waals surface area contributed by atoms with Gasteiger partial charge in [-0.1, -0.05) is 25.1 Å². The zero-order valence-electron chi connectivity index (χ0n) is 11.8. The lowest BCUT2D eigenvalue weighted by Crippen LogP contribution is -2.19. The minimum absolute atomic E-state index is 0.268. The number of benzene rings is 1. The van der Waals surface area contributed by atoms with Gasteiger partial charge < -0.3 is 14.6 Å². The summed E-state index contributed by atoms with van der Waals surface area (Å²) in [7, 11) is 0. The molecule has 0 aliphatic carbocycles. The lowest BCUT2D eigenvalue weighted by molar-refractivity contribution is 0.0222. The average molecular weight is 280 g/mol. The van der Waals surface area contributed by atoms with Crippen LogP contribution in [0.5, 0.6) is 0 Å². The van der Waals surface area contributed by atoms with Gasteiger partial charge in [0, 0.05) is 0 Å². The molecule has 0 aliphatic rings. The van der Waals surface area contributed by atoms with Crippen molar-refractivity contribution in [3.8, 4) is 0 Å². The Balaban J connectivity index is 2.60. The molecule has 0 bridgehead atoms. The Bertz CT molecular complexity index is 455. The van der Waals surface area contributed by atoms with Gasteiger partial charge in [0.25, 0.3) is 0 Å². The Labute approximate surface area is 118 Å². The second-order valence-corrected chi connectivity index (χ2v) is 4.33. The summed E-state index contributed by atoms with van der Waals surface area (Å²) in [6.45, 7) is 3.90. The highest BCUT2D eigenvalue weighted by Gasteiger charge is 2.15. The van der Waals surface area contributed by atoms with Crippen molar-refractivity contribution in [3.05, 3.63) is 35.4 Å². The molecule has 110 valence electrons. The molecule has 5 heteroatoms. The Hall–Kier alpha value is -2.04. The minimum atomic E-state index is -0.944. The summed E-state index contributed by atoms with van der Waals surface area (Å²) in [6.07, 6.45) is 0.829. The van der Waals surface area contributed by atoms with Crippen LogP contribution in [0.25, 0.3) is 0 Å². The fraction of sp³-hybridized carbons (Fsp3) is 0.467. The summed E-state index contributed by atoms with van der Waals surface area (Å²) in [4.78, 5) is 22.4. The topological polar surface area (TPSA) is 72.8 Å². The predicted octanol–water partition coefficient (Wildman–Crippen LogP) is 3.27. The zero-order chi connectivity index (χ0) is 15.0. The molecule has 1 unspecified atom stereocenters. The van der Waals surface area contributed by atoms with Crippen LogP contribution >= 0.6 is 0 Å². The molecule has 20 heavy (non-hydrogen) atoms. The van der Waals surface area contributed by atoms with Crippen LogP contribution in [0.2, 0.25) is 0 Å². The number of hydrogen-bond acceptors (Lipinski definition) is 4. The Morgan fingerprint density at radius 3 is 2.55 bits per heavy atom. The van der Waals surface area contributed by atoms with Gasteiger partial charge in [-0.2, -0.15) is 0 Å². The number of hydrogen-bond donors (Lipinski definition) is 1. The Morgan fingerprint density at radius 1 is 1.25 bits per heavy atom. The van der Waals surface area contributed by atoms with Crippen LogP contribution in [-0.2, 0) is 15.9 Å². The molecule has 0 saturated heterocycles. The summed E-state index contributed by atoms with van der Waals surface area (Å²) < 4.78 is 9.89. The maximum Gasteiger partial charge on any atom is 0.508 e. The SMILES string of the molecule is CCOC(=O)OC(CC)CCc1ccccc1C(=O)O. The summed E-state index contributed by atoms with van der Waals surface area (Å²) in [5.41, 5.74) is 1.03. The molecule has 0 fully saturated rings. The fourth-order valence-corrected chi connectivity index (χ4v) is 1.90. The number of rotatable bonds is 7. The van der Waals surface area contributed by atoms with E-state index in [0.29, 0.717) is 24.8 Å². The third-order valence-corrected chi connectivity index (χ3v) is 2.96. The van der Waals surface area contributed by atoms with E-state index in [4.69, 9.17) is 14.6 Å². The maximum absolute atomic E-state index is 11.3. The molecule has 1 rings (SSSR count). The fourth-order valence-electron chi connectivity index (χ4n) is 1.90. The second kappa shape index (κ2) is 8.19. The van der Waals surface area contributed by atoms with Gasteiger partial charge in [0.2, 0.25) is 0 Å². The standard InChI is InChI=1S/C15H20O5/c1-3-12(20-15(18)19-4-2)10-9-11-7-5-6-8-13(11)14(16)17/h5-8,12H,3-4,9-10H2,1-2H3,(H,16,17). The molecule has 0 heterocycles. The molecule has 1 aromatic carbocycles. The van der Waals surface area contributed by atoms with Gasteiger partial charge in [0.15, 0.2) is 0 Å². The lowest BCUT2D eigenvalue weighted by Gasteiger charge is -2.16. The molecular weight excluding hydrogens is 260 g/mol. The molecule has 0 spiro atoms. The van der Waals surface area contributed by atoms with Crippen molar-refractivity contribution < 1.29 is 24.2 Å². The van der Waals surface area contributed by atoms with Crippen molar-refractivity contribution in [2.24, 2.45) is 0 Å². The first-order valence-electron chi connectivity index (χ1n) is 6.73. The molecular formula is C15H20O5. The number of aryl methyl sites for hydroxylation is 1. The van der Waals surface area contributed by atoms with Gasteiger partial charge in [0.05, 0.1) is 12.2 Å². The van der Waals surface area contributed by atoms with Gasteiger partial charge in [-0.25, -0.2) is 9.59 Å². The molecule has 1 atom stereocenters. The largest absolute Gasteiger partial charge is 0.508 e. The summed E-state index contributed by atoms with van der Waals surface area (Å²) >= 11 is 0. The number of carboxylic acid groups (broad SMARTS) is 1. The summed E-state index contributed by atoms with van der Waals surface area (Å²) in [6, 6.07) is 6.85. The number of ether oxygens (including phenoxy) is 2. The van der Waals surface area contributed by atoms with E-state index in [1.165, 1.54) is 0 Å². The van der Waals surface area contributed by atoms with Crippen LogP contribution in [0.15, 0.2) is 24.3 Å². The third-order valence-electron chi connectivity index (χ3n) is 2.96. The first kappa shape index (κ1) is 16.0. The quantitative estimate of drug-likeness (QED) is 0.776. The van der Waals surface area contributed by atoms with Crippen molar-refractivity contribution in [2.75, 3.05) is 6.61 Å². The molecule has 0 saturated carbocycles. The Kier molecular flexibility index (Phi) is 6.56. The minimum Gasteiger partial charge on any atom is -0.478 e. The molecule has 0 aromatic heterocycles. The number of carbonyl (C=O) groups excluding carboxylic acids is 1. The van der Waals surface area contributed by atoms with E-state index in [2.05, 4.69) is 0 Å². The molecule has 1 N–H and O–H groups in total. The molecule has 5 nitrogen and oxygen atoms in total. The number of aromatic carboxylic acids is 1. The van der Waals surface area contributed by atoms with Crippen LogP contribution in [0, 0.1) is 0 Å². The second-order valence-electron chi connectivity index (χ2n) is 4.33.